The molecule has 0 unspecified atom stereocenters. The highest BCUT2D eigenvalue weighted by atomic mass is 35.5. The van der Waals surface area contributed by atoms with Crippen molar-refractivity contribution in [3.63, 3.8) is 0 Å². The van der Waals surface area contributed by atoms with E-state index in [1.54, 1.807) is 9.80 Å². The Kier molecular flexibility index (Phi) is 7.56. The number of piperidine rings is 1. The highest BCUT2D eigenvalue weighted by molar-refractivity contribution is 6.27. The summed E-state index contributed by atoms with van der Waals surface area (Å²) in [4.78, 5) is 27.9. The van der Waals surface area contributed by atoms with E-state index >= 15 is 0 Å². The third kappa shape index (κ3) is 5.92. The zero-order chi connectivity index (χ0) is 18.2. The van der Waals surface area contributed by atoms with Gasteiger partial charge in [-0.1, -0.05) is 30.3 Å². The highest BCUT2D eigenvalue weighted by Crippen LogP contribution is 2.20. The third-order valence-electron chi connectivity index (χ3n) is 4.50. The van der Waals surface area contributed by atoms with Gasteiger partial charge in [-0.25, -0.2) is 4.79 Å². The summed E-state index contributed by atoms with van der Waals surface area (Å²) in [5.74, 6) is 0.196. The van der Waals surface area contributed by atoms with E-state index in [0.29, 0.717) is 19.6 Å². The summed E-state index contributed by atoms with van der Waals surface area (Å²) in [6.45, 7) is 6.20. The minimum absolute atomic E-state index is 0.00622. The minimum atomic E-state index is -0.284. The molecule has 0 aliphatic carbocycles. The number of carbonyl (C=O) groups excluding carboxylic acids is 2. The van der Waals surface area contributed by atoms with Crippen LogP contribution in [0.4, 0.5) is 4.79 Å². The van der Waals surface area contributed by atoms with Gasteiger partial charge in [0, 0.05) is 25.7 Å². The molecule has 25 heavy (non-hydrogen) atoms. The molecular formula is C19H27ClN2O3. The lowest BCUT2D eigenvalue weighted by Crippen LogP contribution is -2.47. The van der Waals surface area contributed by atoms with Gasteiger partial charge in [0.1, 0.15) is 12.5 Å². The van der Waals surface area contributed by atoms with Gasteiger partial charge in [-0.05, 0) is 38.2 Å². The molecule has 1 aliphatic heterocycles. The van der Waals surface area contributed by atoms with Gasteiger partial charge in [0.15, 0.2) is 0 Å². The van der Waals surface area contributed by atoms with Crippen LogP contribution >= 0.6 is 11.6 Å². The maximum atomic E-state index is 12.3. The summed E-state index contributed by atoms with van der Waals surface area (Å²) in [6.07, 6.45) is 1.64. The number of carbonyl (C=O) groups is 2. The lowest BCUT2D eigenvalue weighted by Gasteiger charge is -2.36. The van der Waals surface area contributed by atoms with Crippen molar-refractivity contribution in [1.82, 2.24) is 9.80 Å². The van der Waals surface area contributed by atoms with Crippen molar-refractivity contribution < 1.29 is 14.3 Å². The second-order valence-electron chi connectivity index (χ2n) is 6.77. The molecule has 1 aromatic rings. The van der Waals surface area contributed by atoms with E-state index in [1.807, 2.05) is 44.2 Å². The molecule has 0 aromatic heterocycles. The molecular weight excluding hydrogens is 340 g/mol. The summed E-state index contributed by atoms with van der Waals surface area (Å²) in [6, 6.07) is 9.76. The molecule has 1 aromatic carbocycles. The average molecular weight is 367 g/mol. The van der Waals surface area contributed by atoms with Crippen LogP contribution in [0.1, 0.15) is 32.3 Å². The van der Waals surface area contributed by atoms with Crippen LogP contribution in [0.3, 0.4) is 0 Å². The van der Waals surface area contributed by atoms with Crippen LogP contribution in [0.5, 0.6) is 0 Å². The van der Waals surface area contributed by atoms with Crippen molar-refractivity contribution in [2.24, 2.45) is 5.92 Å². The van der Waals surface area contributed by atoms with Crippen LogP contribution in [-0.4, -0.2) is 53.4 Å². The second kappa shape index (κ2) is 9.66. The van der Waals surface area contributed by atoms with E-state index in [2.05, 4.69) is 0 Å². The fourth-order valence-corrected chi connectivity index (χ4v) is 3.30. The van der Waals surface area contributed by atoms with E-state index in [1.165, 1.54) is 0 Å². The zero-order valence-corrected chi connectivity index (χ0v) is 15.7. The highest BCUT2D eigenvalue weighted by Gasteiger charge is 2.28. The van der Waals surface area contributed by atoms with Crippen LogP contribution in [-0.2, 0) is 16.1 Å². The summed E-state index contributed by atoms with van der Waals surface area (Å²) in [5.41, 5.74) is 0.975. The molecule has 1 heterocycles. The lowest BCUT2D eigenvalue weighted by atomic mass is 9.97. The summed E-state index contributed by atoms with van der Waals surface area (Å²) in [7, 11) is 0. The predicted octanol–water partition coefficient (Wildman–Crippen LogP) is 3.51. The van der Waals surface area contributed by atoms with Crippen LogP contribution in [0.25, 0.3) is 0 Å². The lowest BCUT2D eigenvalue weighted by molar-refractivity contribution is -0.131. The molecule has 1 aliphatic rings. The number of rotatable bonds is 6. The molecule has 0 radical (unpaired) electrons. The number of hydrogen-bond donors (Lipinski definition) is 0. The van der Waals surface area contributed by atoms with Crippen LogP contribution in [0.15, 0.2) is 30.3 Å². The van der Waals surface area contributed by atoms with E-state index in [9.17, 15) is 9.59 Å². The van der Waals surface area contributed by atoms with Gasteiger partial charge in [0.2, 0.25) is 5.91 Å². The van der Waals surface area contributed by atoms with Crippen LogP contribution in [0.2, 0.25) is 0 Å². The first-order valence-electron chi connectivity index (χ1n) is 8.82. The molecule has 0 spiro atoms. The van der Waals surface area contributed by atoms with Gasteiger partial charge in [0.25, 0.3) is 0 Å². The second-order valence-corrected chi connectivity index (χ2v) is 7.04. The number of hydrogen-bond acceptors (Lipinski definition) is 3. The molecule has 0 N–H and O–H groups in total. The Labute approximate surface area is 154 Å². The standard InChI is InChI=1S/C19H27ClN2O3/c1-15(2)22(18(23)11-20)13-17-9-6-10-21(12-17)19(24)25-14-16-7-4-3-5-8-16/h3-5,7-8,15,17H,6,9-14H2,1-2H3/t17-/m0/s1. The van der Waals surface area contributed by atoms with Crippen molar-refractivity contribution >= 4 is 23.6 Å². The molecule has 1 saturated heterocycles. The van der Waals surface area contributed by atoms with Crippen molar-refractivity contribution in [2.75, 3.05) is 25.5 Å². The minimum Gasteiger partial charge on any atom is -0.445 e. The van der Waals surface area contributed by atoms with E-state index < -0.39 is 0 Å². The largest absolute Gasteiger partial charge is 0.445 e. The molecule has 0 bridgehead atoms. The van der Waals surface area contributed by atoms with Crippen molar-refractivity contribution in [3.8, 4) is 0 Å². The van der Waals surface area contributed by atoms with E-state index in [-0.39, 0.29) is 36.4 Å². The molecule has 1 atom stereocenters. The zero-order valence-electron chi connectivity index (χ0n) is 15.0. The smallest absolute Gasteiger partial charge is 0.410 e. The van der Waals surface area contributed by atoms with Crippen molar-refractivity contribution in [3.05, 3.63) is 35.9 Å². The SMILES string of the molecule is CC(C)N(C[C@H]1CCCN(C(=O)OCc2ccccc2)C1)C(=O)CCl. The van der Waals surface area contributed by atoms with Gasteiger partial charge >= 0.3 is 6.09 Å². The monoisotopic (exact) mass is 366 g/mol. The van der Waals surface area contributed by atoms with Gasteiger partial charge in [0.05, 0.1) is 0 Å². The number of likely N-dealkylation sites (tertiary alicyclic amines) is 1. The Hall–Kier alpha value is -1.75. The maximum absolute atomic E-state index is 12.3. The quantitative estimate of drug-likeness (QED) is 0.724. The molecule has 138 valence electrons. The number of alkyl halides is 1. The van der Waals surface area contributed by atoms with E-state index in [0.717, 1.165) is 18.4 Å². The van der Waals surface area contributed by atoms with Crippen LogP contribution in [0, 0.1) is 5.92 Å². The Morgan fingerprint density at radius 3 is 2.68 bits per heavy atom. The predicted molar refractivity (Wildman–Crippen MR) is 98.5 cm³/mol. The first-order valence-corrected chi connectivity index (χ1v) is 9.35. The van der Waals surface area contributed by atoms with Gasteiger partial charge in [-0.2, -0.15) is 0 Å². The topological polar surface area (TPSA) is 49.9 Å². The fourth-order valence-electron chi connectivity index (χ4n) is 3.15. The molecule has 6 heteroatoms. The number of amides is 2. The normalized spacial score (nSPS) is 17.4. The number of benzene rings is 1. The molecule has 1 fully saturated rings. The Balaban J connectivity index is 1.86. The van der Waals surface area contributed by atoms with E-state index in [4.69, 9.17) is 16.3 Å². The first-order chi connectivity index (χ1) is 12.0. The van der Waals surface area contributed by atoms with Crippen molar-refractivity contribution in [1.29, 1.82) is 0 Å². The Morgan fingerprint density at radius 1 is 1.32 bits per heavy atom. The summed E-state index contributed by atoms with van der Waals surface area (Å²) < 4.78 is 5.42. The Bertz CT molecular complexity index is 565. The first kappa shape index (κ1) is 19.6. The fraction of sp³-hybridized carbons (Fsp3) is 0.579. The maximum Gasteiger partial charge on any atom is 0.410 e. The average Bonchev–Trinajstić information content (AvgIpc) is 2.64. The van der Waals surface area contributed by atoms with Gasteiger partial charge in [-0.3, -0.25) is 4.79 Å². The summed E-state index contributed by atoms with van der Waals surface area (Å²) >= 11 is 5.71. The number of ether oxygens (including phenoxy) is 1. The molecule has 5 nitrogen and oxygen atoms in total. The Morgan fingerprint density at radius 2 is 2.04 bits per heavy atom. The molecule has 2 amide bonds. The van der Waals surface area contributed by atoms with Gasteiger partial charge in [-0.15, -0.1) is 11.6 Å². The summed E-state index contributed by atoms with van der Waals surface area (Å²) in [5, 5.41) is 0. The third-order valence-corrected chi connectivity index (χ3v) is 4.72. The van der Waals surface area contributed by atoms with Gasteiger partial charge < -0.3 is 14.5 Å². The number of halogens is 1. The molecule has 2 rings (SSSR count). The van der Waals surface area contributed by atoms with Crippen LogP contribution < -0.4 is 0 Å². The number of nitrogens with zero attached hydrogens (tertiary/aromatic N) is 2. The van der Waals surface area contributed by atoms with Crippen molar-refractivity contribution in [2.45, 2.75) is 39.3 Å². The molecule has 0 saturated carbocycles.